The first-order valence-corrected chi connectivity index (χ1v) is 20.2. The van der Waals surface area contributed by atoms with E-state index in [1.807, 2.05) is 17.0 Å². The molecule has 1 unspecified atom stereocenters. The van der Waals surface area contributed by atoms with Crippen molar-refractivity contribution >= 4 is 62.2 Å². The zero-order valence-corrected chi connectivity index (χ0v) is 32.4. The van der Waals surface area contributed by atoms with Crippen LogP contribution in [0.3, 0.4) is 0 Å². The molecule has 15 heteroatoms. The number of nitrogens with one attached hydrogen (secondary N) is 3. The van der Waals surface area contributed by atoms with E-state index in [0.29, 0.717) is 37.2 Å². The summed E-state index contributed by atoms with van der Waals surface area (Å²) in [5, 5.41) is 15.8. The minimum Gasteiger partial charge on any atom is -0.452 e. The molecule has 2 aromatic heterocycles. The minimum atomic E-state index is -2.21. The maximum Gasteiger partial charge on any atom is 0.293 e. The predicted molar refractivity (Wildman–Crippen MR) is 216 cm³/mol. The molecule has 1 aliphatic heterocycles. The second kappa shape index (κ2) is 15.7. The lowest BCUT2D eigenvalue weighted by Crippen LogP contribution is -2.47. The van der Waals surface area contributed by atoms with E-state index < -0.39 is 27.6 Å². The van der Waals surface area contributed by atoms with Gasteiger partial charge in [-0.15, -0.1) is 0 Å². The number of halogens is 2. The second-order valence-corrected chi connectivity index (χ2v) is 16.4. The van der Waals surface area contributed by atoms with Crippen molar-refractivity contribution < 1.29 is 23.1 Å². The largest absolute Gasteiger partial charge is 0.452 e. The molecule has 3 N–H and O–H groups in total. The van der Waals surface area contributed by atoms with Gasteiger partial charge >= 0.3 is 0 Å². The summed E-state index contributed by atoms with van der Waals surface area (Å²) in [6.45, 7) is 3.39. The third kappa shape index (κ3) is 7.60. The van der Waals surface area contributed by atoms with E-state index in [4.69, 9.17) is 16.3 Å². The number of fused-ring (bicyclic) bond motifs is 1. The average molecular weight is 798 g/mol. The van der Waals surface area contributed by atoms with Crippen LogP contribution in [0.2, 0.25) is 5.02 Å². The van der Waals surface area contributed by atoms with Gasteiger partial charge in [-0.1, -0.05) is 35.7 Å². The van der Waals surface area contributed by atoms with Crippen molar-refractivity contribution in [3.63, 3.8) is 0 Å². The fourth-order valence-electron chi connectivity index (χ4n) is 8.16. The number of ether oxygens (including phenoxy) is 1. The number of pyridine rings is 1. The molecule has 3 aromatic carbocycles. The Hall–Kier alpha value is -5.31. The zero-order valence-electron chi connectivity index (χ0n) is 30.8. The number of rotatable bonds is 11. The first-order valence-electron chi connectivity index (χ1n) is 18.7. The summed E-state index contributed by atoms with van der Waals surface area (Å²) in [5.74, 6) is -1.78. The summed E-state index contributed by atoms with van der Waals surface area (Å²) >= 11 is 6.25. The highest BCUT2D eigenvalue weighted by Crippen LogP contribution is 2.55. The maximum atomic E-state index is 16.8. The fourth-order valence-corrected chi connectivity index (χ4v) is 9.09. The number of aromatic nitrogens is 2. The lowest BCUT2D eigenvalue weighted by molar-refractivity contribution is -0.384. The monoisotopic (exact) mass is 797 g/mol. The highest BCUT2D eigenvalue weighted by Gasteiger charge is 2.41. The molecule has 1 atom stereocenters. The molecule has 56 heavy (non-hydrogen) atoms. The third-order valence-electron chi connectivity index (χ3n) is 11.4. The Morgan fingerprint density at radius 1 is 1.07 bits per heavy atom. The molecule has 1 saturated heterocycles. The lowest BCUT2D eigenvalue weighted by Gasteiger charge is -2.47. The molecule has 1 saturated carbocycles. The normalized spacial score (nSPS) is 17.4. The Morgan fingerprint density at radius 3 is 2.57 bits per heavy atom. The van der Waals surface area contributed by atoms with Crippen LogP contribution in [0, 0.1) is 21.3 Å². The van der Waals surface area contributed by atoms with Crippen molar-refractivity contribution in [2.45, 2.75) is 43.4 Å². The highest BCUT2D eigenvalue weighted by molar-refractivity contribution is 7.83. The van der Waals surface area contributed by atoms with Crippen LogP contribution in [0.5, 0.6) is 11.5 Å². The number of nitro groups is 1. The van der Waals surface area contributed by atoms with Gasteiger partial charge in [-0.3, -0.25) is 24.5 Å². The number of anilines is 2. The van der Waals surface area contributed by atoms with Gasteiger partial charge in [-0.2, -0.15) is 0 Å². The van der Waals surface area contributed by atoms with Crippen LogP contribution in [-0.2, 0) is 11.0 Å². The van der Waals surface area contributed by atoms with Crippen LogP contribution in [0.4, 0.5) is 21.5 Å². The van der Waals surface area contributed by atoms with Crippen molar-refractivity contribution in [3.8, 4) is 11.5 Å². The van der Waals surface area contributed by atoms with Gasteiger partial charge in [0.2, 0.25) is 0 Å². The van der Waals surface area contributed by atoms with E-state index in [1.54, 1.807) is 18.3 Å². The number of aromatic amines is 1. The average Bonchev–Trinajstić information content (AvgIpc) is 3.67. The van der Waals surface area contributed by atoms with Crippen molar-refractivity contribution in [3.05, 3.63) is 117 Å². The van der Waals surface area contributed by atoms with Crippen LogP contribution in [-0.4, -0.2) is 69.7 Å². The van der Waals surface area contributed by atoms with E-state index in [-0.39, 0.29) is 39.0 Å². The molecule has 5 aromatic rings. The number of amides is 1. The predicted octanol–water partition coefficient (Wildman–Crippen LogP) is 8.48. The molecule has 12 nitrogen and oxygen atoms in total. The van der Waals surface area contributed by atoms with Gasteiger partial charge in [0, 0.05) is 62.4 Å². The Morgan fingerprint density at radius 2 is 1.86 bits per heavy atom. The molecule has 2 fully saturated rings. The van der Waals surface area contributed by atoms with Crippen LogP contribution < -0.4 is 19.7 Å². The summed E-state index contributed by atoms with van der Waals surface area (Å²) in [6.07, 6.45) is 10.4. The number of carbonyl (C=O) groups excluding carboxylic acids is 1. The molecule has 3 aliphatic rings. The smallest absolute Gasteiger partial charge is 0.293 e. The van der Waals surface area contributed by atoms with Crippen LogP contribution in [0.25, 0.3) is 16.6 Å². The topological polar surface area (TPSA) is 146 Å². The van der Waals surface area contributed by atoms with Gasteiger partial charge in [-0.05, 0) is 97.2 Å². The molecule has 290 valence electrons. The van der Waals surface area contributed by atoms with Crippen molar-refractivity contribution in [2.75, 3.05) is 50.0 Å². The Kier molecular flexibility index (Phi) is 10.5. The van der Waals surface area contributed by atoms with E-state index in [0.717, 1.165) is 35.9 Å². The van der Waals surface area contributed by atoms with E-state index >= 15 is 4.39 Å². The number of nitro benzene ring substituents is 1. The van der Waals surface area contributed by atoms with Gasteiger partial charge in [0.15, 0.2) is 22.6 Å². The van der Waals surface area contributed by atoms with E-state index in [2.05, 4.69) is 37.0 Å². The Bertz CT molecular complexity index is 2370. The van der Waals surface area contributed by atoms with Crippen LogP contribution in [0.1, 0.15) is 54.4 Å². The van der Waals surface area contributed by atoms with Crippen molar-refractivity contribution in [2.24, 2.45) is 5.41 Å². The number of hydrogen-bond acceptors (Lipinski definition) is 9. The van der Waals surface area contributed by atoms with Crippen LogP contribution in [0.15, 0.2) is 89.6 Å². The number of carbonyl (C=O) groups is 1. The number of allylic oxidation sites excluding steroid dienone is 1. The third-order valence-corrected chi connectivity index (χ3v) is 12.7. The van der Waals surface area contributed by atoms with Gasteiger partial charge in [0.05, 0.1) is 27.3 Å². The van der Waals surface area contributed by atoms with Gasteiger partial charge in [0.25, 0.3) is 11.6 Å². The first kappa shape index (κ1) is 37.6. The molecule has 8 rings (SSSR count). The SMILES string of the molecule is CNc1ccc(S(=O)NC(=O)c2ccc(N3CCN(CC4=C(c5ccc(Cl)cc5)CC5(CCC5)CC4)CC3)c(F)c2Oc2cnc3[nH]ccc3c2)cc1[N+](=O)[O-]. The number of benzene rings is 3. The summed E-state index contributed by atoms with van der Waals surface area (Å²) in [7, 11) is -0.684. The first-order chi connectivity index (χ1) is 27.1. The Balaban J connectivity index is 1.03. The second-order valence-electron chi connectivity index (χ2n) is 14.7. The number of piperazine rings is 1. The number of nitrogens with zero attached hydrogens (tertiary/aromatic N) is 4. The summed E-state index contributed by atoms with van der Waals surface area (Å²) in [6, 6.07) is 18.6. The molecule has 0 radical (unpaired) electrons. The molecular weight excluding hydrogens is 757 g/mol. The summed E-state index contributed by atoms with van der Waals surface area (Å²) in [4.78, 5) is 36.4. The van der Waals surface area contributed by atoms with E-state index in [1.165, 1.54) is 79.9 Å². The lowest BCUT2D eigenvalue weighted by atomic mass is 9.59. The highest BCUT2D eigenvalue weighted by atomic mass is 35.5. The van der Waals surface area contributed by atoms with E-state index in [9.17, 15) is 19.1 Å². The fraction of sp³-hybridized carbons (Fsp3) is 0.317. The molecule has 1 amide bonds. The minimum absolute atomic E-state index is 0.00425. The number of H-pyrrole nitrogens is 1. The maximum absolute atomic E-state index is 16.8. The zero-order chi connectivity index (χ0) is 39.0. The molecule has 0 bridgehead atoms. The van der Waals surface area contributed by atoms with Gasteiger partial charge in [-0.25, -0.2) is 13.6 Å². The van der Waals surface area contributed by atoms with Crippen molar-refractivity contribution in [1.29, 1.82) is 0 Å². The molecular formula is C41H41ClFN7O5S. The van der Waals surface area contributed by atoms with Gasteiger partial charge in [0.1, 0.15) is 17.1 Å². The number of hydrogen-bond donors (Lipinski definition) is 3. The van der Waals surface area contributed by atoms with Gasteiger partial charge < -0.3 is 19.9 Å². The molecule has 3 heterocycles. The quantitative estimate of drug-likeness (QED) is 0.0885. The Labute approximate surface area is 330 Å². The standard InChI is InChI=1S/C41H41ClFN7O5S/c1-44-34-9-7-31(22-36(34)50(52)53)56(54)47-40(51)32-8-10-35(37(43)38(32)55-30-21-27-12-16-45-39(27)46-24-30)49-19-17-48(18-20-49)25-28-11-15-41(13-2-14-41)23-33(28)26-3-5-29(42)6-4-26/h3-10,12,16,21-22,24,44H,2,11,13-15,17-20,23,25H2,1H3,(H,45,46)(H,47,51). The van der Waals surface area contributed by atoms with Crippen LogP contribution >= 0.6 is 11.6 Å². The van der Waals surface area contributed by atoms with Crippen molar-refractivity contribution in [1.82, 2.24) is 19.6 Å². The molecule has 2 aliphatic carbocycles. The summed E-state index contributed by atoms with van der Waals surface area (Å²) in [5.41, 5.74) is 5.19. The summed E-state index contributed by atoms with van der Waals surface area (Å²) < 4.78 is 38.5. The molecule has 1 spiro atoms.